The number of hydrogen-bond donors (Lipinski definition) is 1. The zero-order chi connectivity index (χ0) is 13.2. The number of nitrogens with zero attached hydrogens (tertiary/aromatic N) is 1. The minimum absolute atomic E-state index is 0.298. The van der Waals surface area contributed by atoms with E-state index in [-0.39, 0.29) is 5.82 Å². The number of hydrogen-bond acceptors (Lipinski definition) is 3. The lowest BCUT2D eigenvalue weighted by Gasteiger charge is -2.02. The summed E-state index contributed by atoms with van der Waals surface area (Å²) < 4.78 is 13.8. The van der Waals surface area contributed by atoms with Gasteiger partial charge in [-0.15, -0.1) is 11.3 Å². The van der Waals surface area contributed by atoms with Crippen LogP contribution in [0.3, 0.4) is 0 Å². The average Bonchev–Trinajstić information content (AvgIpc) is 3.08. The van der Waals surface area contributed by atoms with Crippen molar-refractivity contribution in [2.24, 2.45) is 5.92 Å². The fraction of sp³-hybridized carbons (Fsp3) is 0.357. The molecule has 1 aromatic heterocycles. The lowest BCUT2D eigenvalue weighted by atomic mass is 10.2. The molecule has 1 heterocycles. The van der Waals surface area contributed by atoms with Crippen LogP contribution in [-0.2, 0) is 6.54 Å². The number of aromatic nitrogens is 1. The fourth-order valence-corrected chi connectivity index (χ4v) is 3.22. The number of nitrogens with one attached hydrogen (secondary N) is 1. The van der Waals surface area contributed by atoms with E-state index < -0.39 is 0 Å². The summed E-state index contributed by atoms with van der Waals surface area (Å²) in [6.45, 7) is 1.79. The molecule has 100 valence electrons. The summed E-state index contributed by atoms with van der Waals surface area (Å²) in [7, 11) is 0. The highest BCUT2D eigenvalue weighted by molar-refractivity contribution is 7.15. The Hall–Kier alpha value is -0.970. The maximum absolute atomic E-state index is 13.8. The first-order valence-corrected chi connectivity index (χ1v) is 7.53. The van der Waals surface area contributed by atoms with Crippen LogP contribution in [0.2, 0.25) is 5.02 Å². The van der Waals surface area contributed by atoms with Gasteiger partial charge in [0.05, 0.1) is 9.90 Å². The van der Waals surface area contributed by atoms with Gasteiger partial charge >= 0.3 is 0 Å². The monoisotopic (exact) mass is 296 g/mol. The van der Waals surface area contributed by atoms with Crippen molar-refractivity contribution in [2.75, 3.05) is 6.54 Å². The summed E-state index contributed by atoms with van der Waals surface area (Å²) in [6.07, 6.45) is 4.37. The summed E-state index contributed by atoms with van der Waals surface area (Å²) in [4.78, 5) is 5.11. The molecule has 0 spiro atoms. The Morgan fingerprint density at radius 1 is 1.42 bits per heavy atom. The second-order valence-electron chi connectivity index (χ2n) is 4.79. The van der Waals surface area contributed by atoms with Gasteiger partial charge in [0.2, 0.25) is 0 Å². The van der Waals surface area contributed by atoms with E-state index in [0.29, 0.717) is 10.6 Å². The van der Waals surface area contributed by atoms with Gasteiger partial charge in [-0.25, -0.2) is 9.37 Å². The van der Waals surface area contributed by atoms with E-state index in [0.717, 1.165) is 28.9 Å². The Labute approximate surface area is 120 Å². The molecule has 0 amide bonds. The highest BCUT2D eigenvalue weighted by Crippen LogP contribution is 2.34. The minimum atomic E-state index is -0.298. The first kappa shape index (κ1) is 13.0. The number of benzene rings is 1. The molecule has 5 heteroatoms. The molecular formula is C14H14ClFN2S. The minimum Gasteiger partial charge on any atom is -0.310 e. The first-order valence-electron chi connectivity index (χ1n) is 6.34. The van der Waals surface area contributed by atoms with Crippen LogP contribution >= 0.6 is 22.9 Å². The molecule has 0 saturated heterocycles. The molecule has 1 aromatic carbocycles. The van der Waals surface area contributed by atoms with E-state index in [4.69, 9.17) is 11.6 Å². The number of halogens is 2. The molecule has 1 aliphatic rings. The highest BCUT2D eigenvalue weighted by atomic mass is 35.5. The molecule has 1 saturated carbocycles. The van der Waals surface area contributed by atoms with Crippen molar-refractivity contribution in [2.45, 2.75) is 19.4 Å². The summed E-state index contributed by atoms with van der Waals surface area (Å²) >= 11 is 7.54. The predicted octanol–water partition coefficient (Wildman–Crippen LogP) is 4.10. The summed E-state index contributed by atoms with van der Waals surface area (Å²) in [5.41, 5.74) is 0.454. The summed E-state index contributed by atoms with van der Waals surface area (Å²) in [5.74, 6) is 0.550. The first-order chi connectivity index (χ1) is 9.24. The van der Waals surface area contributed by atoms with Crippen LogP contribution in [0.15, 0.2) is 24.4 Å². The Morgan fingerprint density at radius 2 is 2.26 bits per heavy atom. The van der Waals surface area contributed by atoms with Gasteiger partial charge in [-0.3, -0.25) is 0 Å². The van der Waals surface area contributed by atoms with E-state index in [9.17, 15) is 4.39 Å². The summed E-state index contributed by atoms with van der Waals surface area (Å²) in [5, 5.41) is 4.78. The van der Waals surface area contributed by atoms with Crippen LogP contribution in [0.5, 0.6) is 0 Å². The standard InChI is InChI=1S/C14H14ClFN2S/c15-10-2-1-3-11(16)14(10)12-7-18-13(19-12)8-17-6-9-4-5-9/h1-3,7,9,17H,4-6,8H2. The quantitative estimate of drug-likeness (QED) is 0.898. The second-order valence-corrected chi connectivity index (χ2v) is 6.31. The van der Waals surface area contributed by atoms with Gasteiger partial charge in [-0.2, -0.15) is 0 Å². The van der Waals surface area contributed by atoms with Gasteiger partial charge in [-0.1, -0.05) is 17.7 Å². The normalized spacial score (nSPS) is 14.8. The van der Waals surface area contributed by atoms with Crippen LogP contribution < -0.4 is 5.32 Å². The van der Waals surface area contributed by atoms with Crippen molar-refractivity contribution < 1.29 is 4.39 Å². The van der Waals surface area contributed by atoms with E-state index >= 15 is 0 Å². The van der Waals surface area contributed by atoms with Crippen molar-refractivity contribution in [1.29, 1.82) is 0 Å². The maximum Gasteiger partial charge on any atom is 0.133 e. The summed E-state index contributed by atoms with van der Waals surface area (Å²) in [6, 6.07) is 4.73. The molecule has 1 aliphatic carbocycles. The van der Waals surface area contributed by atoms with E-state index in [2.05, 4.69) is 10.3 Å². The van der Waals surface area contributed by atoms with Crippen molar-refractivity contribution >= 4 is 22.9 Å². The molecule has 0 radical (unpaired) electrons. The SMILES string of the molecule is Fc1cccc(Cl)c1-c1cnc(CNCC2CC2)s1. The average molecular weight is 297 g/mol. The van der Waals surface area contributed by atoms with E-state index in [1.54, 1.807) is 18.3 Å². The Bertz CT molecular complexity index is 560. The molecular weight excluding hydrogens is 283 g/mol. The third-order valence-corrected chi connectivity index (χ3v) is 4.50. The molecule has 1 N–H and O–H groups in total. The van der Waals surface area contributed by atoms with Gasteiger partial charge < -0.3 is 5.32 Å². The van der Waals surface area contributed by atoms with Crippen molar-refractivity contribution in [3.63, 3.8) is 0 Å². The number of thiazole rings is 1. The van der Waals surface area contributed by atoms with Gasteiger partial charge in [0.1, 0.15) is 10.8 Å². The maximum atomic E-state index is 13.8. The fourth-order valence-electron chi connectivity index (χ4n) is 1.95. The molecule has 2 aromatic rings. The largest absolute Gasteiger partial charge is 0.310 e. The molecule has 2 nitrogen and oxygen atoms in total. The molecule has 0 atom stereocenters. The molecule has 0 bridgehead atoms. The van der Waals surface area contributed by atoms with E-state index in [1.807, 2.05) is 0 Å². The lowest BCUT2D eigenvalue weighted by molar-refractivity contribution is 0.631. The van der Waals surface area contributed by atoms with Crippen LogP contribution in [0.25, 0.3) is 10.4 Å². The van der Waals surface area contributed by atoms with Crippen LogP contribution in [0.4, 0.5) is 4.39 Å². The van der Waals surface area contributed by atoms with Gasteiger partial charge in [0.15, 0.2) is 0 Å². The Morgan fingerprint density at radius 3 is 3.00 bits per heavy atom. The second kappa shape index (κ2) is 5.57. The van der Waals surface area contributed by atoms with Crippen LogP contribution in [0.1, 0.15) is 17.8 Å². The van der Waals surface area contributed by atoms with Crippen LogP contribution in [-0.4, -0.2) is 11.5 Å². The van der Waals surface area contributed by atoms with E-state index in [1.165, 1.54) is 30.2 Å². The highest BCUT2D eigenvalue weighted by Gasteiger charge is 2.20. The molecule has 0 aliphatic heterocycles. The third kappa shape index (κ3) is 3.14. The number of rotatable bonds is 5. The molecule has 19 heavy (non-hydrogen) atoms. The van der Waals surface area contributed by atoms with Crippen molar-refractivity contribution in [1.82, 2.24) is 10.3 Å². The zero-order valence-electron chi connectivity index (χ0n) is 10.3. The molecule has 3 rings (SSSR count). The van der Waals surface area contributed by atoms with Gasteiger partial charge in [0, 0.05) is 18.3 Å². The van der Waals surface area contributed by atoms with Gasteiger partial charge in [0.25, 0.3) is 0 Å². The Kier molecular flexibility index (Phi) is 3.82. The molecule has 0 unspecified atom stereocenters. The lowest BCUT2D eigenvalue weighted by Crippen LogP contribution is -2.15. The smallest absolute Gasteiger partial charge is 0.133 e. The topological polar surface area (TPSA) is 24.9 Å². The van der Waals surface area contributed by atoms with Crippen molar-refractivity contribution in [3.8, 4) is 10.4 Å². The van der Waals surface area contributed by atoms with Crippen LogP contribution in [0, 0.1) is 11.7 Å². The Balaban J connectivity index is 1.72. The van der Waals surface area contributed by atoms with Gasteiger partial charge in [-0.05, 0) is 37.4 Å². The third-order valence-electron chi connectivity index (χ3n) is 3.17. The predicted molar refractivity (Wildman–Crippen MR) is 76.9 cm³/mol. The molecule has 1 fully saturated rings. The van der Waals surface area contributed by atoms with Crippen molar-refractivity contribution in [3.05, 3.63) is 40.2 Å². The zero-order valence-corrected chi connectivity index (χ0v) is 11.9.